The molecule has 4 nitrogen and oxygen atoms in total. The summed E-state index contributed by atoms with van der Waals surface area (Å²) in [5.41, 5.74) is 2.19. The van der Waals surface area contributed by atoms with Crippen molar-refractivity contribution >= 4 is 12.4 Å². The third kappa shape index (κ3) is 3.94. The topological polar surface area (TPSA) is 43.6 Å². The van der Waals surface area contributed by atoms with Gasteiger partial charge < -0.3 is 4.57 Å². The molecule has 1 aromatic carbocycles. The van der Waals surface area contributed by atoms with Crippen molar-refractivity contribution in [2.75, 3.05) is 0 Å². The molecule has 2 aromatic heterocycles. The van der Waals surface area contributed by atoms with Gasteiger partial charge in [-0.25, -0.2) is 13.8 Å². The molecule has 0 bridgehead atoms. The fourth-order valence-corrected chi connectivity index (χ4v) is 2.36. The van der Waals surface area contributed by atoms with Crippen LogP contribution < -0.4 is 0 Å². The lowest BCUT2D eigenvalue weighted by Gasteiger charge is -2.12. The molecule has 0 spiro atoms. The minimum absolute atomic E-state index is 0. The van der Waals surface area contributed by atoms with E-state index in [4.69, 9.17) is 0 Å². The summed E-state index contributed by atoms with van der Waals surface area (Å²) in [5.74, 6) is -1.99. The van der Waals surface area contributed by atoms with Gasteiger partial charge in [0.05, 0.1) is 18.4 Å². The Morgan fingerprint density at radius 1 is 1.17 bits per heavy atom. The van der Waals surface area contributed by atoms with Crippen LogP contribution >= 0.6 is 12.4 Å². The van der Waals surface area contributed by atoms with E-state index in [0.29, 0.717) is 12.1 Å². The van der Waals surface area contributed by atoms with Gasteiger partial charge in [-0.3, -0.25) is 0 Å². The number of hydrogen-bond acceptors (Lipinski definition) is 3. The van der Waals surface area contributed by atoms with Crippen LogP contribution in [0.4, 0.5) is 8.78 Å². The maximum absolute atomic E-state index is 13.5. The Hall–Kier alpha value is -2.34. The summed E-state index contributed by atoms with van der Waals surface area (Å²) in [6, 6.07) is 8.19. The third-order valence-corrected chi connectivity index (χ3v) is 3.66. The maximum Gasteiger partial charge on any atom is 0.270 e. The number of nitrogens with zero attached hydrogens (tertiary/aromatic N) is 4. The summed E-state index contributed by atoms with van der Waals surface area (Å²) in [7, 11) is 0. The maximum atomic E-state index is 13.5. The van der Waals surface area contributed by atoms with E-state index in [-0.39, 0.29) is 18.0 Å². The minimum Gasteiger partial charge on any atom is -0.329 e. The predicted octanol–water partition coefficient (Wildman–Crippen LogP) is 4.23. The van der Waals surface area contributed by atoms with Crippen molar-refractivity contribution in [2.24, 2.45) is 0 Å². The zero-order valence-electron chi connectivity index (χ0n) is 13.3. The molecule has 0 aliphatic carbocycles. The van der Waals surface area contributed by atoms with Crippen LogP contribution in [0, 0.1) is 6.92 Å². The number of aromatic nitrogens is 4. The molecule has 0 saturated carbocycles. The predicted molar refractivity (Wildman–Crippen MR) is 90.4 cm³/mol. The van der Waals surface area contributed by atoms with Crippen molar-refractivity contribution in [3.05, 3.63) is 66.0 Å². The standard InChI is InChI=1S/C17H16F2N4.ClH/c1-12-20-6-7-23(12)11-16-9-14(10-21-22-16)13-4-3-5-15(8-13)17(2,18)19;/h3-10H,11H2,1-2H3;1H. The van der Waals surface area contributed by atoms with E-state index in [0.717, 1.165) is 24.0 Å². The highest BCUT2D eigenvalue weighted by Crippen LogP contribution is 2.30. The van der Waals surface area contributed by atoms with Crippen molar-refractivity contribution in [3.63, 3.8) is 0 Å². The van der Waals surface area contributed by atoms with Crippen LogP contribution in [0.25, 0.3) is 11.1 Å². The molecule has 7 heteroatoms. The van der Waals surface area contributed by atoms with E-state index in [2.05, 4.69) is 15.2 Å². The van der Waals surface area contributed by atoms with E-state index < -0.39 is 5.92 Å². The Morgan fingerprint density at radius 3 is 2.62 bits per heavy atom. The van der Waals surface area contributed by atoms with Gasteiger partial charge >= 0.3 is 0 Å². The largest absolute Gasteiger partial charge is 0.329 e. The molecule has 0 atom stereocenters. The van der Waals surface area contributed by atoms with E-state index in [1.165, 1.54) is 12.1 Å². The number of halogens is 3. The number of rotatable bonds is 4. The molecule has 0 unspecified atom stereocenters. The quantitative estimate of drug-likeness (QED) is 0.707. The first-order valence-electron chi connectivity index (χ1n) is 7.21. The van der Waals surface area contributed by atoms with E-state index >= 15 is 0 Å². The molecule has 0 aliphatic heterocycles. The molecule has 2 heterocycles. The van der Waals surface area contributed by atoms with Crippen molar-refractivity contribution in [1.82, 2.24) is 19.7 Å². The SMILES string of the molecule is Cc1nccn1Cc1cc(-c2cccc(C(C)(F)F)c2)cnn1.Cl. The summed E-state index contributed by atoms with van der Waals surface area (Å²) in [6.45, 7) is 3.34. The van der Waals surface area contributed by atoms with Crippen LogP contribution in [0.15, 0.2) is 48.9 Å². The van der Waals surface area contributed by atoms with Gasteiger partial charge in [0.1, 0.15) is 5.82 Å². The normalized spacial score (nSPS) is 11.2. The highest BCUT2D eigenvalue weighted by Gasteiger charge is 2.24. The van der Waals surface area contributed by atoms with Gasteiger partial charge in [-0.1, -0.05) is 18.2 Å². The van der Waals surface area contributed by atoms with E-state index in [9.17, 15) is 8.78 Å². The fraction of sp³-hybridized carbons (Fsp3) is 0.235. The molecule has 0 aliphatic rings. The van der Waals surface area contributed by atoms with E-state index in [1.807, 2.05) is 23.8 Å². The Kier molecular flexibility index (Phi) is 5.29. The van der Waals surface area contributed by atoms with Crippen molar-refractivity contribution in [2.45, 2.75) is 26.3 Å². The summed E-state index contributed by atoms with van der Waals surface area (Å²) in [5, 5.41) is 8.10. The smallest absolute Gasteiger partial charge is 0.270 e. The second-order valence-corrected chi connectivity index (χ2v) is 5.51. The number of benzene rings is 1. The average Bonchev–Trinajstić information content (AvgIpc) is 2.92. The first kappa shape index (κ1) is 18.0. The molecular formula is C17H17ClF2N4. The average molecular weight is 351 g/mol. The van der Waals surface area contributed by atoms with Gasteiger partial charge in [0.15, 0.2) is 0 Å². The lowest BCUT2D eigenvalue weighted by molar-refractivity contribution is 0.0175. The summed E-state index contributed by atoms with van der Waals surface area (Å²) >= 11 is 0. The highest BCUT2D eigenvalue weighted by molar-refractivity contribution is 5.85. The number of aryl methyl sites for hydroxylation is 1. The van der Waals surface area contributed by atoms with Crippen LogP contribution in [-0.4, -0.2) is 19.7 Å². The molecule has 126 valence electrons. The monoisotopic (exact) mass is 350 g/mol. The van der Waals surface area contributed by atoms with Crippen LogP contribution in [0.3, 0.4) is 0 Å². The molecule has 3 rings (SSSR count). The number of imidazole rings is 1. The van der Waals surface area contributed by atoms with Crippen molar-refractivity contribution in [1.29, 1.82) is 0 Å². The van der Waals surface area contributed by atoms with Gasteiger partial charge in [0.25, 0.3) is 5.92 Å². The van der Waals surface area contributed by atoms with Crippen LogP contribution in [0.2, 0.25) is 0 Å². The lowest BCUT2D eigenvalue weighted by atomic mass is 10.0. The Morgan fingerprint density at radius 2 is 1.96 bits per heavy atom. The molecule has 24 heavy (non-hydrogen) atoms. The molecule has 0 N–H and O–H groups in total. The first-order chi connectivity index (χ1) is 10.9. The van der Waals surface area contributed by atoms with Crippen LogP contribution in [0.1, 0.15) is 24.0 Å². The van der Waals surface area contributed by atoms with Gasteiger partial charge in [0.2, 0.25) is 0 Å². The van der Waals surface area contributed by atoms with Crippen molar-refractivity contribution < 1.29 is 8.78 Å². The Balaban J connectivity index is 0.00000208. The molecule has 0 fully saturated rings. The summed E-state index contributed by atoms with van der Waals surface area (Å²) < 4.78 is 28.9. The van der Waals surface area contributed by atoms with Gasteiger partial charge in [-0.05, 0) is 24.6 Å². The molecule has 0 saturated heterocycles. The van der Waals surface area contributed by atoms with Crippen LogP contribution in [-0.2, 0) is 12.5 Å². The Bertz CT molecular complexity index is 827. The second-order valence-electron chi connectivity index (χ2n) is 5.51. The zero-order chi connectivity index (χ0) is 16.4. The second kappa shape index (κ2) is 7.05. The van der Waals surface area contributed by atoms with Crippen molar-refractivity contribution in [3.8, 4) is 11.1 Å². The van der Waals surface area contributed by atoms with E-state index in [1.54, 1.807) is 24.5 Å². The summed E-state index contributed by atoms with van der Waals surface area (Å²) in [4.78, 5) is 4.16. The lowest BCUT2D eigenvalue weighted by Crippen LogP contribution is -2.07. The number of alkyl halides is 2. The molecule has 0 amide bonds. The molecule has 0 radical (unpaired) electrons. The highest BCUT2D eigenvalue weighted by atomic mass is 35.5. The van der Waals surface area contributed by atoms with Crippen LogP contribution in [0.5, 0.6) is 0 Å². The fourth-order valence-electron chi connectivity index (χ4n) is 2.36. The summed E-state index contributed by atoms with van der Waals surface area (Å²) in [6.07, 6.45) is 5.17. The molecular weight excluding hydrogens is 334 g/mol. The zero-order valence-corrected chi connectivity index (χ0v) is 14.1. The third-order valence-electron chi connectivity index (χ3n) is 3.66. The minimum atomic E-state index is -2.87. The van der Waals surface area contributed by atoms with Gasteiger partial charge in [-0.2, -0.15) is 10.2 Å². The molecule has 3 aromatic rings. The first-order valence-corrected chi connectivity index (χ1v) is 7.21. The Labute approximate surface area is 145 Å². The van der Waals surface area contributed by atoms with Gasteiger partial charge in [0, 0.05) is 30.4 Å². The number of hydrogen-bond donors (Lipinski definition) is 0. The van der Waals surface area contributed by atoms with Gasteiger partial charge in [-0.15, -0.1) is 12.4 Å².